The molecule has 1 aliphatic carbocycles. The lowest BCUT2D eigenvalue weighted by Gasteiger charge is -2.34. The number of carbonyl (C=O) groups excluding carboxylic acids is 1. The molecule has 0 bridgehead atoms. The van der Waals surface area contributed by atoms with Gasteiger partial charge in [-0.2, -0.15) is 0 Å². The second kappa shape index (κ2) is 6.12. The molecule has 0 atom stereocenters. The zero-order chi connectivity index (χ0) is 12.0. The van der Waals surface area contributed by atoms with Crippen molar-refractivity contribution in [3.63, 3.8) is 0 Å². The van der Waals surface area contributed by atoms with Crippen LogP contribution in [0.4, 0.5) is 4.79 Å². The van der Waals surface area contributed by atoms with Crippen molar-refractivity contribution in [3.8, 4) is 0 Å². The Balaban J connectivity index is 2.05. The third-order valence-corrected chi connectivity index (χ3v) is 2.19. The van der Waals surface area contributed by atoms with Crippen LogP contribution in [0.15, 0.2) is 12.7 Å². The highest BCUT2D eigenvalue weighted by atomic mass is 16.5. The highest BCUT2D eigenvalue weighted by molar-refractivity contribution is 5.68. The number of carboxylic acids is 1. The van der Waals surface area contributed by atoms with Crippen molar-refractivity contribution in [1.82, 2.24) is 5.32 Å². The summed E-state index contributed by atoms with van der Waals surface area (Å²) >= 11 is 0. The summed E-state index contributed by atoms with van der Waals surface area (Å²) in [5.41, 5.74) is 0. The predicted molar refractivity (Wildman–Crippen MR) is 55.1 cm³/mol. The van der Waals surface area contributed by atoms with E-state index in [0.29, 0.717) is 12.8 Å². The van der Waals surface area contributed by atoms with Crippen LogP contribution in [0.25, 0.3) is 0 Å². The van der Waals surface area contributed by atoms with Crippen LogP contribution in [0.2, 0.25) is 0 Å². The Labute approximate surface area is 93.2 Å². The molecule has 2 N–H and O–H groups in total. The third-order valence-electron chi connectivity index (χ3n) is 2.19. The van der Waals surface area contributed by atoms with Gasteiger partial charge in [-0.3, -0.25) is 0 Å². The number of rotatable bonds is 6. The lowest BCUT2D eigenvalue weighted by molar-refractivity contribution is -0.146. The lowest BCUT2D eigenvalue weighted by Crippen LogP contribution is -2.48. The van der Waals surface area contributed by atoms with Crippen molar-refractivity contribution >= 4 is 12.1 Å². The number of carboxylic acid groups (broad SMARTS) is 1. The Kier molecular flexibility index (Phi) is 4.78. The third kappa shape index (κ3) is 4.31. The number of alkyl carbamates (subject to hydrolysis) is 1. The standard InChI is InChI=1S/C10H15NO5/c1-2-3-15-10(14)11-7-4-8(5-7)16-6-9(12)13/h2,7-8H,1,3-6H2,(H,11,14)(H,12,13). The molecule has 0 aliphatic heterocycles. The number of hydrogen-bond donors (Lipinski definition) is 2. The molecule has 0 spiro atoms. The van der Waals surface area contributed by atoms with Gasteiger partial charge < -0.3 is 19.9 Å². The number of nitrogens with one attached hydrogen (secondary N) is 1. The van der Waals surface area contributed by atoms with E-state index in [2.05, 4.69) is 11.9 Å². The molecule has 0 aromatic carbocycles. The molecule has 90 valence electrons. The maximum Gasteiger partial charge on any atom is 0.407 e. The number of amides is 1. The molecule has 1 saturated carbocycles. The Morgan fingerprint density at radius 1 is 1.50 bits per heavy atom. The van der Waals surface area contributed by atoms with Crippen molar-refractivity contribution in [2.75, 3.05) is 13.2 Å². The number of ether oxygens (including phenoxy) is 2. The molecular formula is C10H15NO5. The van der Waals surface area contributed by atoms with E-state index in [4.69, 9.17) is 14.6 Å². The smallest absolute Gasteiger partial charge is 0.407 e. The van der Waals surface area contributed by atoms with E-state index in [1.807, 2.05) is 0 Å². The fourth-order valence-corrected chi connectivity index (χ4v) is 1.35. The van der Waals surface area contributed by atoms with Gasteiger partial charge in [0.15, 0.2) is 0 Å². The molecule has 6 heteroatoms. The average Bonchev–Trinajstić information content (AvgIpc) is 2.17. The molecule has 0 heterocycles. The molecule has 1 amide bonds. The molecule has 0 unspecified atom stereocenters. The molecule has 16 heavy (non-hydrogen) atoms. The van der Waals surface area contributed by atoms with Gasteiger partial charge in [-0.1, -0.05) is 12.7 Å². The minimum atomic E-state index is -0.984. The van der Waals surface area contributed by atoms with Crippen LogP contribution in [0.3, 0.4) is 0 Å². The summed E-state index contributed by atoms with van der Waals surface area (Å²) in [5, 5.41) is 11.0. The number of hydrogen-bond acceptors (Lipinski definition) is 4. The first-order chi connectivity index (χ1) is 7.61. The Morgan fingerprint density at radius 3 is 2.75 bits per heavy atom. The first-order valence-corrected chi connectivity index (χ1v) is 4.99. The fraction of sp³-hybridized carbons (Fsp3) is 0.600. The monoisotopic (exact) mass is 229 g/mol. The van der Waals surface area contributed by atoms with Gasteiger partial charge in [0.25, 0.3) is 0 Å². The van der Waals surface area contributed by atoms with Gasteiger partial charge in [0.05, 0.1) is 6.10 Å². The van der Waals surface area contributed by atoms with Crippen LogP contribution in [-0.2, 0) is 14.3 Å². The Hall–Kier alpha value is -1.56. The molecule has 1 rings (SSSR count). The Morgan fingerprint density at radius 2 is 2.19 bits per heavy atom. The molecule has 1 fully saturated rings. The molecular weight excluding hydrogens is 214 g/mol. The summed E-state index contributed by atoms with van der Waals surface area (Å²) in [7, 11) is 0. The molecule has 0 aromatic heterocycles. The summed E-state index contributed by atoms with van der Waals surface area (Å²) in [4.78, 5) is 21.3. The van der Waals surface area contributed by atoms with E-state index >= 15 is 0 Å². The maximum absolute atomic E-state index is 11.1. The van der Waals surface area contributed by atoms with Crippen molar-refractivity contribution < 1.29 is 24.2 Å². The summed E-state index contributed by atoms with van der Waals surface area (Å²) in [6.07, 6.45) is 2.16. The van der Waals surface area contributed by atoms with Crippen molar-refractivity contribution in [3.05, 3.63) is 12.7 Å². The van der Waals surface area contributed by atoms with E-state index in [9.17, 15) is 9.59 Å². The van der Waals surface area contributed by atoms with E-state index in [1.165, 1.54) is 6.08 Å². The quantitative estimate of drug-likeness (QED) is 0.649. The average molecular weight is 229 g/mol. The van der Waals surface area contributed by atoms with Gasteiger partial charge in [-0.05, 0) is 12.8 Å². The van der Waals surface area contributed by atoms with Crippen LogP contribution < -0.4 is 5.32 Å². The normalized spacial score (nSPS) is 23.0. The first kappa shape index (κ1) is 12.5. The van der Waals surface area contributed by atoms with E-state index < -0.39 is 12.1 Å². The highest BCUT2D eigenvalue weighted by Gasteiger charge is 2.31. The zero-order valence-corrected chi connectivity index (χ0v) is 8.85. The summed E-state index contributed by atoms with van der Waals surface area (Å²) in [6, 6.07) is 0.0103. The summed E-state index contributed by atoms with van der Waals surface area (Å²) in [6.45, 7) is 3.30. The first-order valence-electron chi connectivity index (χ1n) is 4.99. The van der Waals surface area contributed by atoms with Gasteiger partial charge in [-0.25, -0.2) is 9.59 Å². The van der Waals surface area contributed by atoms with Gasteiger partial charge >= 0.3 is 12.1 Å². The zero-order valence-electron chi connectivity index (χ0n) is 8.85. The predicted octanol–water partition coefficient (Wildman–Crippen LogP) is 0.531. The van der Waals surface area contributed by atoms with Gasteiger partial charge in [0.2, 0.25) is 0 Å². The SMILES string of the molecule is C=CCOC(=O)NC1CC(OCC(=O)O)C1. The molecule has 6 nitrogen and oxygen atoms in total. The van der Waals surface area contributed by atoms with Crippen LogP contribution in [0, 0.1) is 0 Å². The lowest BCUT2D eigenvalue weighted by atomic mass is 9.89. The van der Waals surface area contributed by atoms with Crippen LogP contribution in [-0.4, -0.2) is 42.5 Å². The minimum Gasteiger partial charge on any atom is -0.480 e. The molecule has 1 aliphatic rings. The van der Waals surface area contributed by atoms with E-state index in [1.54, 1.807) is 0 Å². The minimum absolute atomic E-state index is 0.0103. The largest absolute Gasteiger partial charge is 0.480 e. The van der Waals surface area contributed by atoms with Crippen LogP contribution in [0.5, 0.6) is 0 Å². The Bertz CT molecular complexity index is 272. The van der Waals surface area contributed by atoms with Gasteiger partial charge in [-0.15, -0.1) is 0 Å². The second-order valence-electron chi connectivity index (χ2n) is 3.53. The fourth-order valence-electron chi connectivity index (χ4n) is 1.35. The van der Waals surface area contributed by atoms with Crippen LogP contribution in [0.1, 0.15) is 12.8 Å². The van der Waals surface area contributed by atoms with Gasteiger partial charge in [0, 0.05) is 6.04 Å². The van der Waals surface area contributed by atoms with Crippen LogP contribution >= 0.6 is 0 Å². The highest BCUT2D eigenvalue weighted by Crippen LogP contribution is 2.23. The number of aliphatic carboxylic acids is 1. The van der Waals surface area contributed by atoms with Gasteiger partial charge in [0.1, 0.15) is 13.2 Å². The van der Waals surface area contributed by atoms with Crippen molar-refractivity contribution in [2.45, 2.75) is 25.0 Å². The topological polar surface area (TPSA) is 84.9 Å². The number of carbonyl (C=O) groups is 2. The van der Waals surface area contributed by atoms with E-state index in [0.717, 1.165) is 0 Å². The molecule has 0 aromatic rings. The maximum atomic E-state index is 11.1. The summed E-state index contributed by atoms with van der Waals surface area (Å²) < 4.78 is 9.75. The molecule has 0 saturated heterocycles. The molecule has 0 radical (unpaired) electrons. The van der Waals surface area contributed by atoms with E-state index in [-0.39, 0.29) is 25.4 Å². The second-order valence-corrected chi connectivity index (χ2v) is 3.53. The van der Waals surface area contributed by atoms with Crippen molar-refractivity contribution in [1.29, 1.82) is 0 Å². The summed E-state index contributed by atoms with van der Waals surface area (Å²) in [5.74, 6) is -0.984. The van der Waals surface area contributed by atoms with Crippen molar-refractivity contribution in [2.24, 2.45) is 0 Å².